The van der Waals surface area contributed by atoms with Crippen molar-refractivity contribution in [1.29, 1.82) is 0 Å². The van der Waals surface area contributed by atoms with Crippen LogP contribution < -0.4 is 17.2 Å². The second-order valence-electron chi connectivity index (χ2n) is 1.96. The molecule has 1 N–H and O–H groups in total. The van der Waals surface area contributed by atoms with Crippen molar-refractivity contribution in [2.75, 3.05) is 2.43 Å². The molecule has 1 atom stereocenters. The molecule has 1 unspecified atom stereocenters. The summed E-state index contributed by atoms with van der Waals surface area (Å²) in [4.78, 5) is 0. The molecule has 1 fully saturated rings. The summed E-state index contributed by atoms with van der Waals surface area (Å²) < 4.78 is 13.7. The van der Waals surface area contributed by atoms with E-state index in [1.54, 1.807) is 6.01 Å². The van der Waals surface area contributed by atoms with Gasteiger partial charge in [0.2, 0.25) is 0 Å². The van der Waals surface area contributed by atoms with E-state index in [0.29, 0.717) is 17.2 Å². The Balaban J connectivity index is 2.26. The van der Waals surface area contributed by atoms with Gasteiger partial charge in [-0.3, -0.25) is 0 Å². The van der Waals surface area contributed by atoms with Gasteiger partial charge in [-0.25, -0.2) is 0 Å². The zero-order valence-electron chi connectivity index (χ0n) is 5.43. The van der Waals surface area contributed by atoms with Crippen LogP contribution in [-0.4, -0.2) is 12.4 Å². The molecule has 1 nitrogen and oxygen atoms in total. The summed E-state index contributed by atoms with van der Waals surface area (Å²) in [5.41, 5.74) is 0. The average molecular weight is 507 g/mol. The zero-order valence-corrected chi connectivity index (χ0v) is 12.7. The van der Waals surface area contributed by atoms with E-state index in [0.717, 1.165) is 2.91 Å². The van der Waals surface area contributed by atoms with Gasteiger partial charge in [0, 0.05) is 0 Å². The minimum atomic E-state index is -0.534. The second kappa shape index (κ2) is 3.93. The van der Waals surface area contributed by atoms with Crippen LogP contribution in [0.4, 0.5) is 0 Å². The van der Waals surface area contributed by atoms with Crippen molar-refractivity contribution in [3.63, 3.8) is 0 Å². The SMILES string of the molecule is OS1=CC(I2C[I-]2)=CC=C1I. The third-order valence-corrected chi connectivity index (χ3v) is 18.5. The Morgan fingerprint density at radius 2 is 2.36 bits per heavy atom. The predicted molar refractivity (Wildman–Crippen MR) is 65.4 cm³/mol. The molecule has 2 rings (SSSR count). The fourth-order valence-electron chi connectivity index (χ4n) is 0.669. The van der Waals surface area contributed by atoms with E-state index in [1.165, 1.54) is 0 Å². The molecule has 0 aliphatic carbocycles. The van der Waals surface area contributed by atoms with Crippen LogP contribution in [0.5, 0.6) is 0 Å². The van der Waals surface area contributed by atoms with E-state index in [-0.39, 0.29) is 0 Å². The standard InChI is InChI=1S/C6H6I3OS/c7-6-2-1-5(3-11(6)10)9-4-8-9/h1-3,10H,4H2/q-1. The Labute approximate surface area is 95.7 Å². The summed E-state index contributed by atoms with van der Waals surface area (Å²) in [6.45, 7) is 0. The van der Waals surface area contributed by atoms with E-state index in [9.17, 15) is 4.55 Å². The second-order valence-corrected chi connectivity index (χ2v) is 23.6. The van der Waals surface area contributed by atoms with Gasteiger partial charge in [-0.1, -0.05) is 0 Å². The van der Waals surface area contributed by atoms with Crippen LogP contribution in [0, 0.1) is 0 Å². The Bertz CT molecular complexity index is 278. The molecule has 5 heteroatoms. The van der Waals surface area contributed by atoms with Crippen molar-refractivity contribution < 1.29 is 21.8 Å². The van der Waals surface area contributed by atoms with Gasteiger partial charge in [-0.2, -0.15) is 0 Å². The van der Waals surface area contributed by atoms with Gasteiger partial charge in [-0.15, -0.1) is 0 Å². The summed E-state index contributed by atoms with van der Waals surface area (Å²) in [6.07, 6.45) is 4.32. The fraction of sp³-hybridized carbons (Fsp3) is 0.167. The van der Waals surface area contributed by atoms with Crippen LogP contribution in [0.2, 0.25) is 0 Å². The summed E-state index contributed by atoms with van der Waals surface area (Å²) in [7, 11) is -0.534. The molecule has 2 aliphatic heterocycles. The molecule has 0 aromatic rings. The maximum atomic E-state index is 9.52. The number of rotatable bonds is 1. The van der Waals surface area contributed by atoms with Crippen molar-refractivity contribution in [1.82, 2.24) is 0 Å². The molecule has 0 spiro atoms. The Morgan fingerprint density at radius 1 is 1.64 bits per heavy atom. The summed E-state index contributed by atoms with van der Waals surface area (Å²) in [5.74, 6) is 0. The molecule has 0 aromatic heterocycles. The number of hydrogen-bond acceptors (Lipinski definition) is 1. The van der Waals surface area contributed by atoms with Crippen LogP contribution >= 0.6 is 49.2 Å². The average Bonchev–Trinajstić information content (AvgIpc) is 2.77. The molecule has 1 saturated heterocycles. The Morgan fingerprint density at radius 3 is 2.91 bits per heavy atom. The maximum absolute atomic E-state index is 9.52. The zero-order chi connectivity index (χ0) is 7.84. The van der Waals surface area contributed by atoms with Crippen LogP contribution in [0.25, 0.3) is 0 Å². The summed E-state index contributed by atoms with van der Waals surface area (Å²) in [6, 6.07) is 0. The summed E-state index contributed by atoms with van der Waals surface area (Å²) >= 11 is 2.33. The first-order chi connectivity index (χ1) is 5.27. The minimum absolute atomic E-state index is 0.510. The van der Waals surface area contributed by atoms with Crippen molar-refractivity contribution in [3.05, 3.63) is 18.6 Å². The quantitative estimate of drug-likeness (QED) is 0.306. The van der Waals surface area contributed by atoms with Crippen molar-refractivity contribution in [2.24, 2.45) is 0 Å². The number of halogens is 3. The van der Waals surface area contributed by atoms with Crippen molar-refractivity contribution in [2.45, 2.75) is 0 Å². The Kier molecular flexibility index (Phi) is 3.36. The molecule has 0 aromatic carbocycles. The third-order valence-electron chi connectivity index (χ3n) is 1.24. The first-order valence-corrected chi connectivity index (χ1v) is 15.6. The summed E-state index contributed by atoms with van der Waals surface area (Å²) in [5, 5.41) is 2.10. The topological polar surface area (TPSA) is 20.2 Å². The van der Waals surface area contributed by atoms with Crippen molar-refractivity contribution in [3.8, 4) is 0 Å². The van der Waals surface area contributed by atoms with Gasteiger partial charge < -0.3 is 0 Å². The van der Waals surface area contributed by atoms with E-state index >= 15 is 0 Å². The third kappa shape index (κ3) is 2.41. The molecule has 0 saturated carbocycles. The normalized spacial score (nSPS) is 32.9. The molecule has 64 valence electrons. The molecule has 0 bridgehead atoms. The predicted octanol–water partition coefficient (Wildman–Crippen LogP) is 0.186. The van der Waals surface area contributed by atoms with E-state index in [4.69, 9.17) is 0 Å². The first kappa shape index (κ1) is 9.41. The molecular weight excluding hydrogens is 501 g/mol. The van der Waals surface area contributed by atoms with Crippen LogP contribution in [0.1, 0.15) is 0 Å². The van der Waals surface area contributed by atoms with E-state index in [2.05, 4.69) is 40.1 Å². The Hall–Kier alpha value is 1.85. The fourth-order valence-corrected chi connectivity index (χ4v) is 17.8. The van der Waals surface area contributed by atoms with Crippen LogP contribution in [-0.2, 0) is 0 Å². The van der Waals surface area contributed by atoms with E-state index in [1.807, 2.05) is 0 Å². The van der Waals surface area contributed by atoms with Gasteiger partial charge in [-0.05, 0) is 0 Å². The van der Waals surface area contributed by atoms with Gasteiger partial charge in [0.1, 0.15) is 0 Å². The van der Waals surface area contributed by atoms with Gasteiger partial charge in [0.05, 0.1) is 0 Å². The van der Waals surface area contributed by atoms with Crippen LogP contribution in [0.15, 0.2) is 18.6 Å². The van der Waals surface area contributed by atoms with Crippen molar-refractivity contribution >= 4 is 54.6 Å². The monoisotopic (exact) mass is 507 g/mol. The molecule has 2 heterocycles. The van der Waals surface area contributed by atoms with Crippen LogP contribution in [0.3, 0.4) is 0 Å². The molecule has 2 aliphatic rings. The van der Waals surface area contributed by atoms with E-state index < -0.39 is 26.6 Å². The molecule has 0 amide bonds. The number of allylic oxidation sites excluding steroid dienone is 3. The van der Waals surface area contributed by atoms with Gasteiger partial charge in [0.25, 0.3) is 0 Å². The van der Waals surface area contributed by atoms with Gasteiger partial charge >= 0.3 is 97.4 Å². The number of hydrogen-bond donors (Lipinski definition) is 1. The first-order valence-electron chi connectivity index (χ1n) is 2.88. The molecule has 0 radical (unpaired) electrons. The molecular formula is C6H6I3OS-. The molecule has 11 heavy (non-hydrogen) atoms. The number of alkyl halides is 2. The van der Waals surface area contributed by atoms with Gasteiger partial charge in [0.15, 0.2) is 0 Å².